The maximum Gasteiger partial charge on any atom is 0.235 e. The van der Waals surface area contributed by atoms with Crippen molar-refractivity contribution in [3.05, 3.63) is 240 Å². The van der Waals surface area contributed by atoms with Gasteiger partial charge in [-0.3, -0.25) is 4.90 Å². The Morgan fingerprint density at radius 2 is 1.02 bits per heavy atom. The monoisotopic (exact) mass is 832 g/mol. The second-order valence-electron chi connectivity index (χ2n) is 18.1. The Hall–Kier alpha value is -8.28. The van der Waals surface area contributed by atoms with E-state index in [-0.39, 0.29) is 0 Å². The number of hydrogen-bond donors (Lipinski definition) is 0. The molecule has 10 aromatic rings. The molecule has 0 atom stereocenters. The molecule has 306 valence electrons. The predicted molar refractivity (Wildman–Crippen MR) is 263 cm³/mol. The number of para-hydroxylation sites is 5. The maximum atomic E-state index is 6.80. The first-order chi connectivity index (χ1) is 32.0. The van der Waals surface area contributed by atoms with E-state index in [1.54, 1.807) is 0 Å². The van der Waals surface area contributed by atoms with Gasteiger partial charge in [0.15, 0.2) is 11.5 Å². The lowest BCUT2D eigenvalue weighted by Gasteiger charge is -2.45. The molecule has 0 amide bonds. The molecule has 0 N–H and O–H groups in total. The second-order valence-corrected chi connectivity index (χ2v) is 18.1. The van der Waals surface area contributed by atoms with Crippen LogP contribution in [-0.4, -0.2) is 9.97 Å². The molecule has 9 aromatic carbocycles. The van der Waals surface area contributed by atoms with Gasteiger partial charge in [0, 0.05) is 27.6 Å². The summed E-state index contributed by atoms with van der Waals surface area (Å²) in [7, 11) is 0. The highest BCUT2D eigenvalue weighted by Crippen LogP contribution is 2.64. The van der Waals surface area contributed by atoms with Crippen LogP contribution in [0.3, 0.4) is 0 Å². The minimum absolute atomic E-state index is 0.415. The molecule has 0 bridgehead atoms. The van der Waals surface area contributed by atoms with Gasteiger partial charge in [0.25, 0.3) is 0 Å². The fraction of sp³-hybridized carbons (Fsp3) is 0.0667. The Kier molecular flexibility index (Phi) is 7.32. The third-order valence-corrected chi connectivity index (χ3v) is 14.4. The lowest BCUT2D eigenvalue weighted by Crippen LogP contribution is -2.34. The van der Waals surface area contributed by atoms with E-state index >= 15 is 0 Å². The predicted octanol–water partition coefficient (Wildman–Crippen LogP) is 15.3. The van der Waals surface area contributed by atoms with Gasteiger partial charge in [0.05, 0.1) is 39.4 Å². The standard InChI is InChI=1S/C60H40N4O/c1-59(2)48-27-13-15-29-50(48)64(52-34-35-54-57(55(52)59)63(38-18-4-3-5-19-38)51-30-16-17-31-53(51)65-54)58-61-49-28-14-9-23-42(49)56(62-58)37-32-33-47-43(36-37)41-22-8-12-26-46(41)60(47)44-24-10-6-20-39(44)40-21-7-11-25-45(40)60/h3-36H,1-2H3. The lowest BCUT2D eigenvalue weighted by molar-refractivity contribution is 0.473. The molecule has 3 heterocycles. The maximum absolute atomic E-state index is 6.80. The van der Waals surface area contributed by atoms with Crippen molar-refractivity contribution in [1.29, 1.82) is 0 Å². The smallest absolute Gasteiger partial charge is 0.235 e. The number of hydrogen-bond acceptors (Lipinski definition) is 5. The fourth-order valence-corrected chi connectivity index (χ4v) is 11.8. The van der Waals surface area contributed by atoms with Gasteiger partial charge in [0.2, 0.25) is 5.95 Å². The second kappa shape index (κ2) is 13.1. The average molecular weight is 833 g/mol. The molecule has 5 nitrogen and oxygen atoms in total. The highest BCUT2D eigenvalue weighted by Gasteiger charge is 2.51. The van der Waals surface area contributed by atoms with Crippen molar-refractivity contribution in [2.24, 2.45) is 0 Å². The van der Waals surface area contributed by atoms with Crippen LogP contribution < -0.4 is 14.5 Å². The zero-order chi connectivity index (χ0) is 43.0. The van der Waals surface area contributed by atoms with E-state index in [2.05, 4.69) is 218 Å². The highest BCUT2D eigenvalue weighted by molar-refractivity contribution is 6.01. The summed E-state index contributed by atoms with van der Waals surface area (Å²) in [4.78, 5) is 15.8. The van der Waals surface area contributed by atoms with E-state index in [1.807, 2.05) is 12.1 Å². The summed E-state index contributed by atoms with van der Waals surface area (Å²) in [6.45, 7) is 4.66. The van der Waals surface area contributed by atoms with Crippen LogP contribution in [0.4, 0.5) is 34.4 Å². The minimum Gasteiger partial charge on any atom is -0.453 e. The quantitative estimate of drug-likeness (QED) is 0.177. The summed E-state index contributed by atoms with van der Waals surface area (Å²) in [6, 6.07) is 74.4. The van der Waals surface area contributed by atoms with Crippen molar-refractivity contribution < 1.29 is 4.74 Å². The Balaban J connectivity index is 1.00. The Morgan fingerprint density at radius 3 is 1.75 bits per heavy atom. The SMILES string of the molecule is CC1(C)c2ccccc2N(c2nc(-c3ccc4c(c3)-c3ccccc3C43c4ccccc4-c4ccccc43)c3ccccc3n2)c2ccc3c(c21)N(c1ccccc1)c1ccccc1O3. The van der Waals surface area contributed by atoms with E-state index in [4.69, 9.17) is 14.7 Å². The largest absolute Gasteiger partial charge is 0.453 e. The van der Waals surface area contributed by atoms with Crippen molar-refractivity contribution in [2.45, 2.75) is 24.7 Å². The van der Waals surface area contributed by atoms with Crippen LogP contribution in [0.1, 0.15) is 47.2 Å². The molecule has 0 fully saturated rings. The molecule has 1 spiro atoms. The summed E-state index contributed by atoms with van der Waals surface area (Å²) < 4.78 is 6.80. The first-order valence-electron chi connectivity index (χ1n) is 22.4. The molecule has 65 heavy (non-hydrogen) atoms. The molecule has 1 aromatic heterocycles. The first-order valence-corrected chi connectivity index (χ1v) is 22.4. The summed E-state index contributed by atoms with van der Waals surface area (Å²) in [6.07, 6.45) is 0. The molecule has 0 saturated heterocycles. The van der Waals surface area contributed by atoms with Crippen LogP contribution in [0.5, 0.6) is 11.5 Å². The number of ether oxygens (including phenoxy) is 1. The van der Waals surface area contributed by atoms with Crippen LogP contribution in [-0.2, 0) is 10.8 Å². The summed E-state index contributed by atoms with van der Waals surface area (Å²) in [5.41, 5.74) is 19.8. The van der Waals surface area contributed by atoms with E-state index in [1.165, 1.54) is 50.1 Å². The molecule has 2 aliphatic heterocycles. The van der Waals surface area contributed by atoms with Crippen LogP contribution in [0, 0.1) is 0 Å². The molecular weight excluding hydrogens is 793 g/mol. The summed E-state index contributed by atoms with van der Waals surface area (Å²) >= 11 is 0. The van der Waals surface area contributed by atoms with Gasteiger partial charge < -0.3 is 9.64 Å². The first kappa shape index (κ1) is 36.2. The molecule has 14 rings (SSSR count). The molecule has 0 saturated carbocycles. The fourth-order valence-electron chi connectivity index (χ4n) is 11.8. The minimum atomic E-state index is -0.434. The zero-order valence-electron chi connectivity index (χ0n) is 35.8. The van der Waals surface area contributed by atoms with Crippen molar-refractivity contribution in [1.82, 2.24) is 9.97 Å². The van der Waals surface area contributed by atoms with Crippen molar-refractivity contribution in [2.75, 3.05) is 9.80 Å². The summed E-state index contributed by atoms with van der Waals surface area (Å²) in [5, 5.41) is 1.00. The Morgan fingerprint density at radius 1 is 0.431 bits per heavy atom. The van der Waals surface area contributed by atoms with Crippen LogP contribution >= 0.6 is 0 Å². The van der Waals surface area contributed by atoms with Crippen LogP contribution in [0.15, 0.2) is 206 Å². The van der Waals surface area contributed by atoms with Crippen LogP contribution in [0.25, 0.3) is 44.4 Å². The number of benzene rings is 9. The molecule has 0 radical (unpaired) electrons. The number of fused-ring (bicyclic) bond motifs is 16. The van der Waals surface area contributed by atoms with Gasteiger partial charge in [0.1, 0.15) is 0 Å². The van der Waals surface area contributed by atoms with Crippen LogP contribution in [0.2, 0.25) is 0 Å². The Labute approximate surface area is 377 Å². The molecule has 5 heteroatoms. The molecule has 2 aliphatic carbocycles. The van der Waals surface area contributed by atoms with Gasteiger partial charge in [-0.15, -0.1) is 0 Å². The summed E-state index contributed by atoms with van der Waals surface area (Å²) in [5.74, 6) is 2.24. The zero-order valence-corrected chi connectivity index (χ0v) is 35.8. The van der Waals surface area contributed by atoms with Gasteiger partial charge in [-0.2, -0.15) is 0 Å². The third kappa shape index (κ3) is 4.76. The Bertz CT molecular complexity index is 3600. The van der Waals surface area contributed by atoms with Gasteiger partial charge in [-0.25, -0.2) is 9.97 Å². The normalized spacial score (nSPS) is 14.9. The van der Waals surface area contributed by atoms with E-state index in [9.17, 15) is 0 Å². The van der Waals surface area contributed by atoms with Gasteiger partial charge in [-0.05, 0) is 105 Å². The van der Waals surface area contributed by atoms with E-state index in [0.29, 0.717) is 5.95 Å². The number of nitrogens with zero attached hydrogens (tertiary/aromatic N) is 4. The van der Waals surface area contributed by atoms with Gasteiger partial charge >= 0.3 is 0 Å². The topological polar surface area (TPSA) is 41.5 Å². The molecular formula is C60H40N4O. The molecule has 4 aliphatic rings. The number of anilines is 6. The third-order valence-electron chi connectivity index (χ3n) is 14.4. The molecule has 0 unspecified atom stereocenters. The van der Waals surface area contributed by atoms with Crippen molar-refractivity contribution in [3.8, 4) is 45.0 Å². The van der Waals surface area contributed by atoms with E-state index in [0.717, 1.165) is 67.7 Å². The van der Waals surface area contributed by atoms with E-state index < -0.39 is 10.8 Å². The lowest BCUT2D eigenvalue weighted by atomic mass is 9.70. The highest BCUT2D eigenvalue weighted by atomic mass is 16.5. The number of aromatic nitrogens is 2. The number of rotatable bonds is 3. The van der Waals surface area contributed by atoms with Crippen molar-refractivity contribution in [3.63, 3.8) is 0 Å². The average Bonchev–Trinajstić information content (AvgIpc) is 3.82. The van der Waals surface area contributed by atoms with Crippen molar-refractivity contribution >= 4 is 45.3 Å². The van der Waals surface area contributed by atoms with Gasteiger partial charge in [-0.1, -0.05) is 166 Å².